The van der Waals surface area contributed by atoms with Crippen LogP contribution in [0.3, 0.4) is 0 Å². The van der Waals surface area contributed by atoms with Gasteiger partial charge in [0.05, 0.1) is 0 Å². The van der Waals surface area contributed by atoms with Crippen molar-refractivity contribution in [3.63, 3.8) is 0 Å². The van der Waals surface area contributed by atoms with E-state index < -0.39 is 11.6 Å². The summed E-state index contributed by atoms with van der Waals surface area (Å²) in [5.74, 6) is 0.360. The number of carbonyl (C=O) groups is 2. The molecule has 0 aromatic carbocycles. The highest BCUT2D eigenvalue weighted by Gasteiger charge is 2.52. The molecule has 0 bridgehead atoms. The van der Waals surface area contributed by atoms with E-state index in [1.807, 2.05) is 0 Å². The van der Waals surface area contributed by atoms with Crippen molar-refractivity contribution in [1.82, 2.24) is 21.1 Å². The molecule has 0 radical (unpaired) electrons. The van der Waals surface area contributed by atoms with Crippen LogP contribution in [0.2, 0.25) is 0 Å². The molecule has 2 aliphatic carbocycles. The first-order valence-corrected chi connectivity index (χ1v) is 9.16. The van der Waals surface area contributed by atoms with Gasteiger partial charge in [0.2, 0.25) is 0 Å². The molecule has 3 N–H and O–H groups in total. The largest absolute Gasteiger partial charge is 0.358 e. The summed E-state index contributed by atoms with van der Waals surface area (Å²) in [4.78, 5) is 24.9. The third-order valence-corrected chi connectivity index (χ3v) is 5.72. The van der Waals surface area contributed by atoms with E-state index in [4.69, 9.17) is 12.2 Å². The fourth-order valence-electron chi connectivity index (χ4n) is 4.05. The van der Waals surface area contributed by atoms with E-state index in [1.54, 1.807) is 0 Å². The van der Waals surface area contributed by atoms with Crippen LogP contribution in [0.25, 0.3) is 0 Å². The number of hydrazine groups is 1. The molecule has 3 aliphatic rings. The van der Waals surface area contributed by atoms with E-state index in [0.29, 0.717) is 17.1 Å². The number of imide groups is 1. The first-order chi connectivity index (χ1) is 11.0. The van der Waals surface area contributed by atoms with Crippen LogP contribution in [-0.2, 0) is 4.79 Å². The predicted molar refractivity (Wildman–Crippen MR) is 91.5 cm³/mol. The summed E-state index contributed by atoms with van der Waals surface area (Å²) in [6, 6.07) is -0.0779. The molecule has 6 nitrogen and oxygen atoms in total. The molecular weight excluding hydrogens is 312 g/mol. The minimum absolute atomic E-state index is 0.192. The third kappa shape index (κ3) is 3.29. The van der Waals surface area contributed by atoms with Crippen LogP contribution >= 0.6 is 12.2 Å². The average molecular weight is 338 g/mol. The minimum atomic E-state index is -0.712. The quantitative estimate of drug-likeness (QED) is 0.532. The summed E-state index contributed by atoms with van der Waals surface area (Å²) in [5, 5.41) is 7.57. The van der Waals surface area contributed by atoms with Crippen LogP contribution in [0.4, 0.5) is 4.79 Å². The normalized spacial score (nSPS) is 30.2. The first-order valence-electron chi connectivity index (χ1n) is 8.76. The summed E-state index contributed by atoms with van der Waals surface area (Å²) in [6.45, 7) is 2.21. The van der Waals surface area contributed by atoms with Gasteiger partial charge in [-0.25, -0.2) is 4.79 Å². The van der Waals surface area contributed by atoms with Crippen LogP contribution in [0.1, 0.15) is 64.7 Å². The number of urea groups is 1. The van der Waals surface area contributed by atoms with Gasteiger partial charge >= 0.3 is 6.03 Å². The van der Waals surface area contributed by atoms with E-state index in [9.17, 15) is 9.59 Å². The Morgan fingerprint density at radius 3 is 2.57 bits per heavy atom. The Labute approximate surface area is 142 Å². The molecule has 23 heavy (non-hydrogen) atoms. The molecule has 128 valence electrons. The number of amides is 3. The van der Waals surface area contributed by atoms with Gasteiger partial charge in [-0.3, -0.25) is 10.2 Å². The van der Waals surface area contributed by atoms with Crippen LogP contribution in [0, 0.1) is 5.92 Å². The van der Waals surface area contributed by atoms with E-state index >= 15 is 0 Å². The number of carbonyl (C=O) groups excluding carboxylic acids is 2. The molecule has 7 heteroatoms. The zero-order valence-electron chi connectivity index (χ0n) is 13.7. The van der Waals surface area contributed by atoms with Crippen LogP contribution in [0.15, 0.2) is 0 Å². The second kappa shape index (κ2) is 6.63. The molecule has 0 unspecified atom stereocenters. The van der Waals surface area contributed by atoms with Crippen molar-refractivity contribution in [2.75, 3.05) is 0 Å². The Morgan fingerprint density at radius 2 is 1.87 bits per heavy atom. The molecule has 3 fully saturated rings. The zero-order valence-corrected chi connectivity index (χ0v) is 14.5. The Kier molecular flexibility index (Phi) is 4.75. The van der Waals surface area contributed by atoms with Gasteiger partial charge in [-0.05, 0) is 43.8 Å². The van der Waals surface area contributed by atoms with Crippen LogP contribution in [-0.4, -0.2) is 33.6 Å². The number of hydrogen-bond donors (Lipinski definition) is 3. The molecule has 2 saturated carbocycles. The van der Waals surface area contributed by atoms with Crippen molar-refractivity contribution >= 4 is 29.3 Å². The maximum atomic E-state index is 12.7. The molecule has 1 spiro atoms. The van der Waals surface area contributed by atoms with Crippen LogP contribution in [0.5, 0.6) is 0 Å². The van der Waals surface area contributed by atoms with E-state index in [1.165, 1.54) is 19.3 Å². The monoisotopic (exact) mass is 338 g/mol. The van der Waals surface area contributed by atoms with Crippen LogP contribution < -0.4 is 16.1 Å². The lowest BCUT2D eigenvalue weighted by Gasteiger charge is -2.32. The van der Waals surface area contributed by atoms with Gasteiger partial charge < -0.3 is 10.6 Å². The van der Waals surface area contributed by atoms with Gasteiger partial charge in [-0.2, -0.15) is 5.01 Å². The third-order valence-electron chi connectivity index (χ3n) is 5.51. The molecule has 3 rings (SSSR count). The molecule has 2 atom stereocenters. The van der Waals surface area contributed by atoms with Gasteiger partial charge in [0.25, 0.3) is 5.91 Å². The highest BCUT2D eigenvalue weighted by molar-refractivity contribution is 7.80. The van der Waals surface area contributed by atoms with Crippen molar-refractivity contribution < 1.29 is 9.59 Å². The summed E-state index contributed by atoms with van der Waals surface area (Å²) in [5.41, 5.74) is 2.10. The van der Waals surface area contributed by atoms with Gasteiger partial charge in [0.1, 0.15) is 5.54 Å². The van der Waals surface area contributed by atoms with Gasteiger partial charge in [0, 0.05) is 6.04 Å². The van der Waals surface area contributed by atoms with Crippen molar-refractivity contribution in [2.24, 2.45) is 5.92 Å². The maximum Gasteiger partial charge on any atom is 0.344 e. The standard InChI is InChI=1S/C16H26N4O2S/c1-11-7-3-4-8-12(11)17-14(23)19-20-13(21)16(18-15(20)22)9-5-2-6-10-16/h11-12H,2-10H2,1H3,(H,18,22)(H2,17,19,23)/t11-,12-/m1/s1. The smallest absolute Gasteiger partial charge is 0.344 e. The minimum Gasteiger partial charge on any atom is -0.358 e. The SMILES string of the molecule is C[C@@H]1CCCC[C@H]1NC(=S)NN1C(=O)NC2(CCCCC2)C1=O. The molecule has 0 aromatic heterocycles. The van der Waals surface area contributed by atoms with Crippen molar-refractivity contribution in [3.05, 3.63) is 0 Å². The molecule has 0 aromatic rings. The van der Waals surface area contributed by atoms with E-state index in [-0.39, 0.29) is 5.91 Å². The van der Waals surface area contributed by atoms with Crippen molar-refractivity contribution in [1.29, 1.82) is 0 Å². The van der Waals surface area contributed by atoms with Crippen molar-refractivity contribution in [3.8, 4) is 0 Å². The molecular formula is C16H26N4O2S. The summed E-state index contributed by atoms with van der Waals surface area (Å²) < 4.78 is 0. The summed E-state index contributed by atoms with van der Waals surface area (Å²) in [6.07, 6.45) is 9.22. The topological polar surface area (TPSA) is 73.5 Å². The fraction of sp³-hybridized carbons (Fsp3) is 0.812. The summed E-state index contributed by atoms with van der Waals surface area (Å²) in [7, 11) is 0. The van der Waals surface area contributed by atoms with Gasteiger partial charge in [-0.15, -0.1) is 0 Å². The van der Waals surface area contributed by atoms with Gasteiger partial charge in [-0.1, -0.05) is 39.0 Å². The molecule has 1 aliphatic heterocycles. The molecule has 1 saturated heterocycles. The van der Waals surface area contributed by atoms with E-state index in [2.05, 4.69) is 23.0 Å². The Morgan fingerprint density at radius 1 is 1.17 bits per heavy atom. The highest BCUT2D eigenvalue weighted by atomic mass is 32.1. The zero-order chi connectivity index (χ0) is 16.4. The average Bonchev–Trinajstić information content (AvgIpc) is 2.75. The first kappa shape index (κ1) is 16.5. The number of hydrogen-bond acceptors (Lipinski definition) is 3. The predicted octanol–water partition coefficient (Wildman–Crippen LogP) is 2.20. The second-order valence-electron chi connectivity index (χ2n) is 7.17. The van der Waals surface area contributed by atoms with Crippen molar-refractivity contribution in [2.45, 2.75) is 76.3 Å². The number of thiocarbonyl (C=S) groups is 1. The highest BCUT2D eigenvalue weighted by Crippen LogP contribution is 2.33. The summed E-state index contributed by atoms with van der Waals surface area (Å²) >= 11 is 5.32. The number of rotatable bonds is 2. The second-order valence-corrected chi connectivity index (χ2v) is 7.58. The Hall–Kier alpha value is -1.37. The Balaban J connectivity index is 1.59. The Bertz CT molecular complexity index is 504. The van der Waals surface area contributed by atoms with E-state index in [0.717, 1.165) is 43.5 Å². The lowest BCUT2D eigenvalue weighted by atomic mass is 9.82. The maximum absolute atomic E-state index is 12.7. The van der Waals surface area contributed by atoms with Gasteiger partial charge in [0.15, 0.2) is 5.11 Å². The lowest BCUT2D eigenvalue weighted by molar-refractivity contribution is -0.133. The molecule has 3 amide bonds. The molecule has 1 heterocycles. The number of nitrogens with one attached hydrogen (secondary N) is 3. The fourth-order valence-corrected chi connectivity index (χ4v) is 4.29. The lowest BCUT2D eigenvalue weighted by Crippen LogP contribution is -2.55. The number of nitrogens with zero attached hydrogens (tertiary/aromatic N) is 1.